The fourth-order valence-electron chi connectivity index (χ4n) is 1.07. The maximum Gasteiger partial charge on any atom is 0.304 e. The predicted octanol–water partition coefficient (Wildman–Crippen LogP) is 2.21. The maximum atomic E-state index is 10.9. The third-order valence-electron chi connectivity index (χ3n) is 1.76. The SMILES string of the molecule is O=c1[nH]c(CNc2ccc(Br)cn2)cs1. The Morgan fingerprint density at radius 2 is 2.40 bits per heavy atom. The Morgan fingerprint density at radius 3 is 3.00 bits per heavy atom. The van der Waals surface area contributed by atoms with Crippen LogP contribution in [0.5, 0.6) is 0 Å². The van der Waals surface area contributed by atoms with Gasteiger partial charge in [0.1, 0.15) is 5.82 Å². The Morgan fingerprint density at radius 1 is 1.53 bits per heavy atom. The van der Waals surface area contributed by atoms with Crippen LogP contribution in [0.2, 0.25) is 0 Å². The summed E-state index contributed by atoms with van der Waals surface area (Å²) in [5.41, 5.74) is 0.870. The molecule has 0 unspecified atom stereocenters. The zero-order valence-electron chi connectivity index (χ0n) is 7.66. The molecule has 0 aromatic carbocycles. The number of H-pyrrole nitrogens is 1. The lowest BCUT2D eigenvalue weighted by molar-refractivity contribution is 1.04. The Kier molecular flexibility index (Phi) is 3.17. The van der Waals surface area contributed by atoms with Crippen molar-refractivity contribution in [1.29, 1.82) is 0 Å². The molecule has 0 bridgehead atoms. The summed E-state index contributed by atoms with van der Waals surface area (Å²) in [5, 5.41) is 4.91. The first-order valence-corrected chi connectivity index (χ1v) is 5.93. The van der Waals surface area contributed by atoms with E-state index in [9.17, 15) is 4.79 Å². The van der Waals surface area contributed by atoms with E-state index in [1.54, 1.807) is 11.6 Å². The van der Waals surface area contributed by atoms with E-state index in [0.717, 1.165) is 27.3 Å². The number of hydrogen-bond acceptors (Lipinski definition) is 4. The van der Waals surface area contributed by atoms with Crippen LogP contribution < -0.4 is 10.2 Å². The van der Waals surface area contributed by atoms with Gasteiger partial charge in [0, 0.05) is 21.7 Å². The summed E-state index contributed by atoms with van der Waals surface area (Å²) in [6.07, 6.45) is 1.72. The van der Waals surface area contributed by atoms with E-state index in [-0.39, 0.29) is 4.87 Å². The van der Waals surface area contributed by atoms with Gasteiger partial charge in [-0.25, -0.2) is 4.98 Å². The van der Waals surface area contributed by atoms with Crippen LogP contribution in [0.15, 0.2) is 33.0 Å². The monoisotopic (exact) mass is 285 g/mol. The predicted molar refractivity (Wildman–Crippen MR) is 64.2 cm³/mol. The zero-order valence-corrected chi connectivity index (χ0v) is 10.1. The first-order chi connectivity index (χ1) is 7.24. The number of nitrogens with zero attached hydrogens (tertiary/aromatic N) is 1. The van der Waals surface area contributed by atoms with E-state index in [4.69, 9.17) is 0 Å². The lowest BCUT2D eigenvalue weighted by Gasteiger charge is -2.02. The second-order valence-electron chi connectivity index (χ2n) is 2.89. The molecule has 0 amide bonds. The third-order valence-corrected chi connectivity index (χ3v) is 2.95. The Bertz CT molecular complexity index is 491. The highest BCUT2D eigenvalue weighted by Crippen LogP contribution is 2.11. The molecule has 0 saturated heterocycles. The number of aromatic nitrogens is 2. The summed E-state index contributed by atoms with van der Waals surface area (Å²) in [6.45, 7) is 0.577. The standard InChI is InChI=1S/C9H8BrN3OS/c10-6-1-2-8(11-3-6)12-4-7-5-15-9(14)13-7/h1-3,5H,4H2,(H,11,12)(H,13,14). The molecule has 6 heteroatoms. The number of rotatable bonds is 3. The summed E-state index contributed by atoms with van der Waals surface area (Å²) in [5.74, 6) is 0.783. The van der Waals surface area contributed by atoms with Crippen LogP contribution in [0, 0.1) is 0 Å². The van der Waals surface area contributed by atoms with E-state index in [2.05, 4.69) is 31.2 Å². The van der Waals surface area contributed by atoms with E-state index in [1.165, 1.54) is 0 Å². The molecule has 0 saturated carbocycles. The Hall–Kier alpha value is -1.14. The van der Waals surface area contributed by atoms with Gasteiger partial charge in [-0.2, -0.15) is 0 Å². The topological polar surface area (TPSA) is 57.8 Å². The van der Waals surface area contributed by atoms with E-state index in [0.29, 0.717) is 6.54 Å². The van der Waals surface area contributed by atoms with Gasteiger partial charge in [-0.15, -0.1) is 0 Å². The number of nitrogens with one attached hydrogen (secondary N) is 2. The Labute approximate surface area is 98.5 Å². The molecule has 0 atom stereocenters. The fourth-order valence-corrected chi connectivity index (χ4v) is 1.88. The lowest BCUT2D eigenvalue weighted by Crippen LogP contribution is -2.03. The summed E-state index contributed by atoms with van der Waals surface area (Å²) in [7, 11) is 0. The normalized spacial score (nSPS) is 10.2. The van der Waals surface area contributed by atoms with Crippen LogP contribution in [0.4, 0.5) is 5.82 Å². The highest BCUT2D eigenvalue weighted by atomic mass is 79.9. The minimum atomic E-state index is -0.0319. The van der Waals surface area contributed by atoms with E-state index >= 15 is 0 Å². The van der Waals surface area contributed by atoms with Gasteiger partial charge in [0.25, 0.3) is 0 Å². The number of hydrogen-bond donors (Lipinski definition) is 2. The van der Waals surface area contributed by atoms with Crippen molar-refractivity contribution in [2.45, 2.75) is 6.54 Å². The van der Waals surface area contributed by atoms with Gasteiger partial charge < -0.3 is 10.3 Å². The van der Waals surface area contributed by atoms with Crippen LogP contribution in [-0.4, -0.2) is 9.97 Å². The number of pyridine rings is 1. The molecule has 0 aliphatic carbocycles. The van der Waals surface area contributed by atoms with Crippen LogP contribution in [0.1, 0.15) is 5.69 Å². The van der Waals surface area contributed by atoms with Crippen LogP contribution >= 0.6 is 27.3 Å². The molecule has 0 aliphatic heterocycles. The summed E-state index contributed by atoms with van der Waals surface area (Å²) >= 11 is 4.47. The maximum absolute atomic E-state index is 10.9. The van der Waals surface area contributed by atoms with Crippen LogP contribution in [0.3, 0.4) is 0 Å². The number of anilines is 1. The van der Waals surface area contributed by atoms with Gasteiger partial charge in [0.2, 0.25) is 0 Å². The van der Waals surface area contributed by atoms with Gasteiger partial charge >= 0.3 is 4.87 Å². The van der Waals surface area contributed by atoms with Gasteiger partial charge in [-0.3, -0.25) is 4.79 Å². The van der Waals surface area contributed by atoms with Crippen molar-refractivity contribution in [2.75, 3.05) is 5.32 Å². The first-order valence-electron chi connectivity index (χ1n) is 4.26. The molecule has 0 radical (unpaired) electrons. The summed E-state index contributed by atoms with van der Waals surface area (Å²) in [4.78, 5) is 17.7. The van der Waals surface area contributed by atoms with Crippen molar-refractivity contribution in [1.82, 2.24) is 9.97 Å². The molecule has 2 rings (SSSR count). The van der Waals surface area contributed by atoms with Crippen molar-refractivity contribution >= 4 is 33.1 Å². The molecular weight excluding hydrogens is 278 g/mol. The second-order valence-corrected chi connectivity index (χ2v) is 4.65. The molecule has 2 aromatic heterocycles. The second kappa shape index (κ2) is 4.59. The Balaban J connectivity index is 1.99. The number of aromatic amines is 1. The number of thiazole rings is 1. The third kappa shape index (κ3) is 2.90. The van der Waals surface area contributed by atoms with Crippen molar-refractivity contribution < 1.29 is 0 Å². The van der Waals surface area contributed by atoms with E-state index < -0.39 is 0 Å². The fraction of sp³-hybridized carbons (Fsp3) is 0.111. The van der Waals surface area contributed by atoms with Crippen molar-refractivity contribution in [3.63, 3.8) is 0 Å². The minimum Gasteiger partial charge on any atom is -0.364 e. The quantitative estimate of drug-likeness (QED) is 0.909. The van der Waals surface area contributed by atoms with Crippen LogP contribution in [-0.2, 0) is 6.54 Å². The molecule has 0 fully saturated rings. The van der Waals surface area contributed by atoms with Crippen molar-refractivity contribution in [2.24, 2.45) is 0 Å². The smallest absolute Gasteiger partial charge is 0.304 e. The van der Waals surface area contributed by atoms with Gasteiger partial charge in [0.05, 0.1) is 6.54 Å². The number of halogens is 1. The van der Waals surface area contributed by atoms with Gasteiger partial charge in [-0.05, 0) is 28.1 Å². The van der Waals surface area contributed by atoms with Crippen molar-refractivity contribution in [3.8, 4) is 0 Å². The van der Waals surface area contributed by atoms with Crippen molar-refractivity contribution in [3.05, 3.63) is 43.5 Å². The average Bonchev–Trinajstić information content (AvgIpc) is 2.64. The van der Waals surface area contributed by atoms with Gasteiger partial charge in [0.15, 0.2) is 0 Å². The molecule has 0 spiro atoms. The molecule has 15 heavy (non-hydrogen) atoms. The lowest BCUT2D eigenvalue weighted by atomic mass is 10.4. The summed E-state index contributed by atoms with van der Waals surface area (Å²) in [6, 6.07) is 3.78. The highest BCUT2D eigenvalue weighted by molar-refractivity contribution is 9.10. The van der Waals surface area contributed by atoms with E-state index in [1.807, 2.05) is 12.1 Å². The average molecular weight is 286 g/mol. The minimum absolute atomic E-state index is 0.0319. The molecule has 0 aliphatic rings. The molecule has 2 heterocycles. The molecule has 78 valence electrons. The van der Waals surface area contributed by atoms with Crippen LogP contribution in [0.25, 0.3) is 0 Å². The molecular formula is C9H8BrN3OS. The largest absolute Gasteiger partial charge is 0.364 e. The summed E-state index contributed by atoms with van der Waals surface area (Å²) < 4.78 is 0.942. The molecule has 2 aromatic rings. The highest BCUT2D eigenvalue weighted by Gasteiger charge is 1.97. The first kappa shape index (κ1) is 10.4. The van der Waals surface area contributed by atoms with Gasteiger partial charge in [-0.1, -0.05) is 11.3 Å². The molecule has 4 nitrogen and oxygen atoms in total. The molecule has 2 N–H and O–H groups in total. The zero-order chi connectivity index (χ0) is 10.7.